The zero-order valence-electron chi connectivity index (χ0n) is 14.6. The van der Waals surface area contributed by atoms with Gasteiger partial charge in [0.25, 0.3) is 0 Å². The number of aromatic nitrogens is 1. The molecule has 1 aromatic heterocycles. The fourth-order valence-electron chi connectivity index (χ4n) is 2.98. The maximum absolute atomic E-state index is 12.8. The molecule has 1 saturated heterocycles. The number of carbonyl (C=O) groups excluding carboxylic acids is 2. The van der Waals surface area contributed by atoms with Crippen LogP contribution in [0.2, 0.25) is 0 Å². The number of carbonyl (C=O) groups is 2. The van der Waals surface area contributed by atoms with Gasteiger partial charge in [0, 0.05) is 23.7 Å². The topological polar surface area (TPSA) is 77.3 Å². The Morgan fingerprint density at radius 2 is 2.00 bits per heavy atom. The molecule has 2 heterocycles. The number of piperidine rings is 1. The molecule has 1 amide bonds. The van der Waals surface area contributed by atoms with Crippen molar-refractivity contribution in [2.45, 2.75) is 26.2 Å². The van der Waals surface area contributed by atoms with Gasteiger partial charge in [-0.25, -0.2) is 4.98 Å². The number of anilines is 2. The molecule has 0 saturated carbocycles. The molecule has 0 spiro atoms. The SMILES string of the molecule is Cc1sc(N(CC(=O)N2CCCCC2)c2ccc(C#N)cc2)nc1C=O. The van der Waals surface area contributed by atoms with Crippen LogP contribution in [0.25, 0.3) is 0 Å². The van der Waals surface area contributed by atoms with Crippen LogP contribution in [0.5, 0.6) is 0 Å². The van der Waals surface area contributed by atoms with E-state index in [1.54, 1.807) is 24.3 Å². The Bertz CT molecular complexity index is 832. The highest BCUT2D eigenvalue weighted by molar-refractivity contribution is 7.15. The predicted octanol–water partition coefficient (Wildman–Crippen LogP) is 3.29. The predicted molar refractivity (Wildman–Crippen MR) is 101 cm³/mol. The monoisotopic (exact) mass is 368 g/mol. The maximum Gasteiger partial charge on any atom is 0.242 e. The summed E-state index contributed by atoms with van der Waals surface area (Å²) >= 11 is 1.39. The molecule has 0 unspecified atom stereocenters. The number of likely N-dealkylation sites (tertiary alicyclic amines) is 1. The van der Waals surface area contributed by atoms with Crippen molar-refractivity contribution in [3.8, 4) is 6.07 Å². The molecule has 1 aromatic carbocycles. The second-order valence-electron chi connectivity index (χ2n) is 6.24. The molecule has 1 aliphatic rings. The van der Waals surface area contributed by atoms with Crippen LogP contribution >= 0.6 is 11.3 Å². The third kappa shape index (κ3) is 3.92. The summed E-state index contributed by atoms with van der Waals surface area (Å²) in [4.78, 5) is 32.9. The standard InChI is InChI=1S/C19H20N4O2S/c1-14-17(13-24)21-19(26-14)23(16-7-5-15(11-20)6-8-16)12-18(25)22-9-3-2-4-10-22/h5-8,13H,2-4,9-10,12H2,1H3. The highest BCUT2D eigenvalue weighted by Gasteiger charge is 2.23. The second-order valence-corrected chi connectivity index (χ2v) is 7.42. The van der Waals surface area contributed by atoms with Gasteiger partial charge in [0.1, 0.15) is 12.2 Å². The van der Waals surface area contributed by atoms with Crippen LogP contribution in [0.3, 0.4) is 0 Å². The third-order valence-corrected chi connectivity index (χ3v) is 5.48. The summed E-state index contributed by atoms with van der Waals surface area (Å²) in [6.45, 7) is 3.58. The van der Waals surface area contributed by atoms with E-state index in [1.165, 1.54) is 11.3 Å². The first-order valence-corrected chi connectivity index (χ1v) is 9.42. The van der Waals surface area contributed by atoms with E-state index in [1.807, 2.05) is 16.7 Å². The van der Waals surface area contributed by atoms with Crippen molar-refractivity contribution in [2.24, 2.45) is 0 Å². The van der Waals surface area contributed by atoms with Crippen LogP contribution in [0, 0.1) is 18.3 Å². The first-order valence-electron chi connectivity index (χ1n) is 8.60. The van der Waals surface area contributed by atoms with Crippen LogP contribution < -0.4 is 4.90 Å². The molecular formula is C19H20N4O2S. The molecule has 1 fully saturated rings. The van der Waals surface area contributed by atoms with Crippen LogP contribution in [0.4, 0.5) is 10.8 Å². The molecule has 1 aliphatic heterocycles. The number of hydrogen-bond acceptors (Lipinski definition) is 6. The summed E-state index contributed by atoms with van der Waals surface area (Å²) in [6.07, 6.45) is 3.97. The van der Waals surface area contributed by atoms with Gasteiger partial charge in [-0.1, -0.05) is 0 Å². The van der Waals surface area contributed by atoms with Crippen molar-refractivity contribution in [3.05, 3.63) is 40.4 Å². The Morgan fingerprint density at radius 1 is 1.31 bits per heavy atom. The first-order chi connectivity index (χ1) is 12.6. The van der Waals surface area contributed by atoms with Crippen molar-refractivity contribution in [2.75, 3.05) is 24.5 Å². The largest absolute Gasteiger partial charge is 0.341 e. The van der Waals surface area contributed by atoms with E-state index in [9.17, 15) is 9.59 Å². The highest BCUT2D eigenvalue weighted by atomic mass is 32.1. The Balaban J connectivity index is 1.90. The number of aldehydes is 1. The Hall–Kier alpha value is -2.72. The molecule has 0 N–H and O–H groups in total. The van der Waals surface area contributed by atoms with E-state index in [2.05, 4.69) is 11.1 Å². The van der Waals surface area contributed by atoms with E-state index < -0.39 is 0 Å². The molecule has 0 aliphatic carbocycles. The summed E-state index contributed by atoms with van der Waals surface area (Å²) < 4.78 is 0. The minimum atomic E-state index is 0.0505. The number of benzene rings is 1. The van der Waals surface area contributed by atoms with Crippen molar-refractivity contribution >= 4 is 34.3 Å². The summed E-state index contributed by atoms with van der Waals surface area (Å²) in [5.41, 5.74) is 1.73. The second kappa shape index (κ2) is 8.11. The Labute approximate surface area is 156 Å². The highest BCUT2D eigenvalue weighted by Crippen LogP contribution is 2.31. The molecule has 7 heteroatoms. The van der Waals surface area contributed by atoms with Gasteiger partial charge >= 0.3 is 0 Å². The lowest BCUT2D eigenvalue weighted by molar-refractivity contribution is -0.130. The molecule has 0 atom stereocenters. The van der Waals surface area contributed by atoms with E-state index in [0.29, 0.717) is 16.4 Å². The fraction of sp³-hybridized carbons (Fsp3) is 0.368. The fourth-order valence-corrected chi connectivity index (χ4v) is 3.88. The lowest BCUT2D eigenvalue weighted by atomic mass is 10.1. The lowest BCUT2D eigenvalue weighted by Crippen LogP contribution is -2.41. The van der Waals surface area contributed by atoms with Crippen molar-refractivity contribution in [3.63, 3.8) is 0 Å². The van der Waals surface area contributed by atoms with E-state index >= 15 is 0 Å². The average molecular weight is 368 g/mol. The molecule has 3 rings (SSSR count). The number of amides is 1. The lowest BCUT2D eigenvalue weighted by Gasteiger charge is -2.30. The van der Waals surface area contributed by atoms with Crippen LogP contribution in [0.15, 0.2) is 24.3 Å². The zero-order valence-corrected chi connectivity index (χ0v) is 15.5. The smallest absolute Gasteiger partial charge is 0.242 e. The number of hydrogen-bond donors (Lipinski definition) is 0. The maximum atomic E-state index is 12.8. The van der Waals surface area contributed by atoms with E-state index in [-0.39, 0.29) is 12.5 Å². The van der Waals surface area contributed by atoms with Gasteiger partial charge in [-0.2, -0.15) is 5.26 Å². The van der Waals surface area contributed by atoms with Gasteiger partial charge in [0.15, 0.2) is 11.4 Å². The van der Waals surface area contributed by atoms with E-state index in [4.69, 9.17) is 5.26 Å². The Kier molecular flexibility index (Phi) is 5.64. The zero-order chi connectivity index (χ0) is 18.5. The molecule has 0 radical (unpaired) electrons. The molecule has 2 aromatic rings. The number of rotatable bonds is 5. The van der Waals surface area contributed by atoms with Crippen molar-refractivity contribution < 1.29 is 9.59 Å². The normalized spacial score (nSPS) is 13.9. The minimum absolute atomic E-state index is 0.0505. The quantitative estimate of drug-likeness (QED) is 0.757. The van der Waals surface area contributed by atoms with E-state index in [0.717, 1.165) is 49.2 Å². The number of thiazole rings is 1. The molecule has 0 bridgehead atoms. The third-order valence-electron chi connectivity index (χ3n) is 4.47. The van der Waals surface area contributed by atoms with Gasteiger partial charge in [-0.15, -0.1) is 11.3 Å². The average Bonchev–Trinajstić information content (AvgIpc) is 3.07. The first kappa shape index (κ1) is 18.1. The molecule has 134 valence electrons. The van der Waals surface area contributed by atoms with Crippen molar-refractivity contribution in [1.29, 1.82) is 5.26 Å². The van der Waals surface area contributed by atoms with Gasteiger partial charge in [-0.3, -0.25) is 9.59 Å². The van der Waals surface area contributed by atoms with Crippen LogP contribution in [-0.2, 0) is 4.79 Å². The summed E-state index contributed by atoms with van der Waals surface area (Å²) in [5, 5.41) is 9.61. The number of nitrogens with zero attached hydrogens (tertiary/aromatic N) is 4. The van der Waals surface area contributed by atoms with Crippen LogP contribution in [-0.4, -0.2) is 41.7 Å². The molecule has 6 nitrogen and oxygen atoms in total. The summed E-state index contributed by atoms with van der Waals surface area (Å²) in [5.74, 6) is 0.0505. The van der Waals surface area contributed by atoms with Gasteiger partial charge in [-0.05, 0) is 50.5 Å². The van der Waals surface area contributed by atoms with Gasteiger partial charge in [0.05, 0.1) is 11.6 Å². The molecule has 26 heavy (non-hydrogen) atoms. The van der Waals surface area contributed by atoms with Gasteiger partial charge in [0.2, 0.25) is 5.91 Å². The summed E-state index contributed by atoms with van der Waals surface area (Å²) in [7, 11) is 0. The number of aryl methyl sites for hydroxylation is 1. The molecular weight excluding hydrogens is 348 g/mol. The Morgan fingerprint density at radius 3 is 2.58 bits per heavy atom. The van der Waals surface area contributed by atoms with Crippen LogP contribution in [0.1, 0.15) is 40.2 Å². The van der Waals surface area contributed by atoms with Gasteiger partial charge < -0.3 is 9.80 Å². The summed E-state index contributed by atoms with van der Waals surface area (Å²) in [6, 6.07) is 9.14. The minimum Gasteiger partial charge on any atom is -0.341 e. The number of nitriles is 1. The van der Waals surface area contributed by atoms with Crippen molar-refractivity contribution in [1.82, 2.24) is 9.88 Å².